The second kappa shape index (κ2) is 4.64. The Morgan fingerprint density at radius 1 is 1.13 bits per heavy atom. The molecule has 0 atom stereocenters. The summed E-state index contributed by atoms with van der Waals surface area (Å²) in [5.74, 6) is 0. The predicted octanol–water partition coefficient (Wildman–Crippen LogP) is 4.93. The fraction of sp³-hybridized carbons (Fsp3) is 0. The Kier molecular flexibility index (Phi) is 3.44. The van der Waals surface area contributed by atoms with Crippen LogP contribution >= 0.6 is 43.5 Å². The standard InChI is InChI=1S/C11H6Br2ClN/c12-10-9(4-5-15-11(10)13)7-2-1-3-8(14)6-7/h1-6H. The van der Waals surface area contributed by atoms with Crippen LogP contribution in [0.5, 0.6) is 0 Å². The van der Waals surface area contributed by atoms with Crippen LogP contribution in [-0.2, 0) is 0 Å². The number of rotatable bonds is 1. The van der Waals surface area contributed by atoms with E-state index in [-0.39, 0.29) is 0 Å². The van der Waals surface area contributed by atoms with Crippen LogP contribution in [-0.4, -0.2) is 4.98 Å². The van der Waals surface area contributed by atoms with Gasteiger partial charge in [0.25, 0.3) is 0 Å². The lowest BCUT2D eigenvalue weighted by atomic mass is 10.1. The molecule has 1 heterocycles. The predicted molar refractivity (Wildman–Crippen MR) is 70.1 cm³/mol. The van der Waals surface area contributed by atoms with Crippen molar-refractivity contribution in [3.8, 4) is 11.1 Å². The minimum Gasteiger partial charge on any atom is -0.248 e. The van der Waals surface area contributed by atoms with Gasteiger partial charge in [-0.15, -0.1) is 0 Å². The van der Waals surface area contributed by atoms with Gasteiger partial charge in [0.1, 0.15) is 4.60 Å². The average molecular weight is 347 g/mol. The minimum atomic E-state index is 0.729. The van der Waals surface area contributed by atoms with Crippen LogP contribution in [0.15, 0.2) is 45.6 Å². The number of aromatic nitrogens is 1. The number of hydrogen-bond donors (Lipinski definition) is 0. The van der Waals surface area contributed by atoms with Gasteiger partial charge >= 0.3 is 0 Å². The molecule has 0 aliphatic carbocycles. The van der Waals surface area contributed by atoms with Gasteiger partial charge in [0.2, 0.25) is 0 Å². The van der Waals surface area contributed by atoms with Gasteiger partial charge in [0, 0.05) is 16.8 Å². The fourth-order valence-electron chi connectivity index (χ4n) is 1.30. The van der Waals surface area contributed by atoms with Gasteiger partial charge in [-0.05, 0) is 55.6 Å². The second-order valence-corrected chi connectivity index (χ2v) is 4.95. The van der Waals surface area contributed by atoms with Gasteiger partial charge in [-0.3, -0.25) is 0 Å². The van der Waals surface area contributed by atoms with Crippen LogP contribution in [0.25, 0.3) is 11.1 Å². The van der Waals surface area contributed by atoms with Crippen LogP contribution < -0.4 is 0 Å². The molecule has 0 aliphatic rings. The van der Waals surface area contributed by atoms with Crippen molar-refractivity contribution in [3.05, 3.63) is 50.6 Å². The number of pyridine rings is 1. The highest BCUT2D eigenvalue weighted by atomic mass is 79.9. The van der Waals surface area contributed by atoms with Crippen molar-refractivity contribution in [3.63, 3.8) is 0 Å². The first-order valence-corrected chi connectivity index (χ1v) is 6.21. The number of nitrogens with zero attached hydrogens (tertiary/aromatic N) is 1. The quantitative estimate of drug-likeness (QED) is 0.667. The Bertz CT molecular complexity index is 500. The van der Waals surface area contributed by atoms with Crippen molar-refractivity contribution in [2.24, 2.45) is 0 Å². The van der Waals surface area contributed by atoms with Crippen molar-refractivity contribution in [1.82, 2.24) is 4.98 Å². The highest BCUT2D eigenvalue weighted by Crippen LogP contribution is 2.33. The van der Waals surface area contributed by atoms with Crippen LogP contribution in [0.3, 0.4) is 0 Å². The largest absolute Gasteiger partial charge is 0.248 e. The molecule has 0 aliphatic heterocycles. The zero-order valence-corrected chi connectivity index (χ0v) is 11.5. The van der Waals surface area contributed by atoms with E-state index in [1.54, 1.807) is 6.20 Å². The molecule has 1 aromatic carbocycles. The monoisotopic (exact) mass is 345 g/mol. The lowest BCUT2D eigenvalue weighted by Gasteiger charge is -2.05. The molecular weight excluding hydrogens is 341 g/mol. The maximum atomic E-state index is 5.94. The number of hydrogen-bond acceptors (Lipinski definition) is 1. The van der Waals surface area contributed by atoms with E-state index >= 15 is 0 Å². The van der Waals surface area contributed by atoms with E-state index in [1.807, 2.05) is 30.3 Å². The molecule has 0 saturated carbocycles. The molecular formula is C11H6Br2ClN. The molecule has 76 valence electrons. The third-order valence-corrected chi connectivity index (χ3v) is 4.15. The zero-order chi connectivity index (χ0) is 10.8. The van der Waals surface area contributed by atoms with Crippen LogP contribution in [0.2, 0.25) is 5.02 Å². The molecule has 0 saturated heterocycles. The van der Waals surface area contributed by atoms with Gasteiger partial charge < -0.3 is 0 Å². The van der Waals surface area contributed by atoms with Crippen LogP contribution in [0.4, 0.5) is 0 Å². The molecule has 2 aromatic rings. The molecule has 0 N–H and O–H groups in total. The normalized spacial score (nSPS) is 10.3. The summed E-state index contributed by atoms with van der Waals surface area (Å²) in [6.45, 7) is 0. The van der Waals surface area contributed by atoms with Gasteiger partial charge in [0.15, 0.2) is 0 Å². The van der Waals surface area contributed by atoms with E-state index in [2.05, 4.69) is 36.8 Å². The summed E-state index contributed by atoms with van der Waals surface area (Å²) in [5.41, 5.74) is 2.14. The summed E-state index contributed by atoms with van der Waals surface area (Å²) >= 11 is 12.8. The Hall–Kier alpha value is -0.380. The van der Waals surface area contributed by atoms with Crippen LogP contribution in [0, 0.1) is 0 Å². The molecule has 0 spiro atoms. The van der Waals surface area contributed by atoms with E-state index in [1.165, 1.54) is 0 Å². The summed E-state index contributed by atoms with van der Waals surface area (Å²) < 4.78 is 1.73. The molecule has 15 heavy (non-hydrogen) atoms. The first-order chi connectivity index (χ1) is 7.18. The summed E-state index contributed by atoms with van der Waals surface area (Å²) in [6.07, 6.45) is 1.76. The molecule has 1 nitrogen and oxygen atoms in total. The first-order valence-electron chi connectivity index (χ1n) is 4.24. The first kappa shape index (κ1) is 11.1. The topological polar surface area (TPSA) is 12.9 Å². The average Bonchev–Trinajstić information content (AvgIpc) is 2.22. The Balaban J connectivity index is 2.59. The van der Waals surface area contributed by atoms with Gasteiger partial charge in [-0.25, -0.2) is 4.98 Å². The molecule has 2 rings (SSSR count). The van der Waals surface area contributed by atoms with Gasteiger partial charge in [-0.2, -0.15) is 0 Å². The third kappa shape index (κ3) is 2.41. The molecule has 4 heteroatoms. The van der Waals surface area contributed by atoms with E-state index < -0.39 is 0 Å². The Morgan fingerprint density at radius 2 is 1.93 bits per heavy atom. The van der Waals surface area contributed by atoms with E-state index in [0.29, 0.717) is 0 Å². The molecule has 0 fully saturated rings. The summed E-state index contributed by atoms with van der Waals surface area (Å²) in [7, 11) is 0. The SMILES string of the molecule is Clc1cccc(-c2ccnc(Br)c2Br)c1. The van der Waals surface area contributed by atoms with E-state index in [4.69, 9.17) is 11.6 Å². The zero-order valence-electron chi connectivity index (χ0n) is 7.55. The van der Waals surface area contributed by atoms with Crippen molar-refractivity contribution >= 4 is 43.5 Å². The fourth-order valence-corrected chi connectivity index (χ4v) is 2.28. The maximum absolute atomic E-state index is 5.94. The summed E-state index contributed by atoms with van der Waals surface area (Å²) in [6, 6.07) is 9.67. The van der Waals surface area contributed by atoms with Crippen molar-refractivity contribution in [1.29, 1.82) is 0 Å². The molecule has 0 amide bonds. The Morgan fingerprint density at radius 3 is 2.67 bits per heavy atom. The second-order valence-electron chi connectivity index (χ2n) is 2.97. The maximum Gasteiger partial charge on any atom is 0.120 e. The smallest absolute Gasteiger partial charge is 0.120 e. The summed E-state index contributed by atoms with van der Waals surface area (Å²) in [4.78, 5) is 4.12. The highest BCUT2D eigenvalue weighted by molar-refractivity contribution is 9.13. The Labute approximate surface area is 110 Å². The molecule has 0 radical (unpaired) electrons. The number of benzene rings is 1. The van der Waals surface area contributed by atoms with Gasteiger partial charge in [0.05, 0.1) is 4.47 Å². The molecule has 0 bridgehead atoms. The van der Waals surface area contributed by atoms with Gasteiger partial charge in [-0.1, -0.05) is 23.7 Å². The van der Waals surface area contributed by atoms with Crippen molar-refractivity contribution in [2.75, 3.05) is 0 Å². The molecule has 0 unspecified atom stereocenters. The lowest BCUT2D eigenvalue weighted by Crippen LogP contribution is -1.83. The minimum absolute atomic E-state index is 0.729. The lowest BCUT2D eigenvalue weighted by molar-refractivity contribution is 1.26. The number of halogens is 3. The summed E-state index contributed by atoms with van der Waals surface area (Å²) in [5, 5.41) is 0.729. The van der Waals surface area contributed by atoms with E-state index in [9.17, 15) is 0 Å². The van der Waals surface area contributed by atoms with E-state index in [0.717, 1.165) is 25.2 Å². The van der Waals surface area contributed by atoms with Crippen LogP contribution in [0.1, 0.15) is 0 Å². The highest BCUT2D eigenvalue weighted by Gasteiger charge is 2.06. The molecule has 1 aromatic heterocycles. The third-order valence-electron chi connectivity index (χ3n) is 1.98. The van der Waals surface area contributed by atoms with Crippen molar-refractivity contribution < 1.29 is 0 Å². The van der Waals surface area contributed by atoms with Crippen molar-refractivity contribution in [2.45, 2.75) is 0 Å².